The van der Waals surface area contributed by atoms with E-state index in [0.717, 1.165) is 5.56 Å². The van der Waals surface area contributed by atoms with Crippen molar-refractivity contribution in [3.05, 3.63) is 29.3 Å². The topological polar surface area (TPSA) is 93.5 Å². The molecule has 6 heteroatoms. The van der Waals surface area contributed by atoms with Crippen LogP contribution in [0.5, 0.6) is 0 Å². The first-order valence-corrected chi connectivity index (χ1v) is 6.93. The molecule has 6 nitrogen and oxygen atoms in total. The molecule has 0 saturated carbocycles. The molecule has 0 aliphatic carbocycles. The van der Waals surface area contributed by atoms with Gasteiger partial charge in [-0.1, -0.05) is 0 Å². The first-order chi connectivity index (χ1) is 9.99. The van der Waals surface area contributed by atoms with Crippen molar-refractivity contribution < 1.29 is 14.3 Å². The molecule has 1 rings (SSSR count). The van der Waals surface area contributed by atoms with Gasteiger partial charge in [0.1, 0.15) is 0 Å². The van der Waals surface area contributed by atoms with Crippen molar-refractivity contribution in [2.24, 2.45) is 5.73 Å². The maximum absolute atomic E-state index is 11.9. The number of methoxy groups -OCH3 is 1. The Morgan fingerprint density at radius 3 is 2.67 bits per heavy atom. The van der Waals surface area contributed by atoms with E-state index in [0.29, 0.717) is 30.8 Å². The molecule has 0 radical (unpaired) electrons. The fraction of sp³-hybridized carbons (Fsp3) is 0.467. The molecule has 0 aliphatic heterocycles. The lowest BCUT2D eigenvalue weighted by Crippen LogP contribution is -2.36. The number of amides is 2. The Labute approximate surface area is 125 Å². The Kier molecular flexibility index (Phi) is 6.84. The van der Waals surface area contributed by atoms with Gasteiger partial charge >= 0.3 is 0 Å². The molecule has 1 aromatic carbocycles. The van der Waals surface area contributed by atoms with Crippen LogP contribution in [0.15, 0.2) is 18.2 Å². The Hall–Kier alpha value is -1.92. The van der Waals surface area contributed by atoms with Crippen LogP contribution in [0.4, 0.5) is 5.69 Å². The molecule has 0 aromatic heterocycles. The van der Waals surface area contributed by atoms with Crippen LogP contribution < -0.4 is 16.4 Å². The Balaban J connectivity index is 2.72. The Bertz CT molecular complexity index is 503. The van der Waals surface area contributed by atoms with E-state index in [9.17, 15) is 9.59 Å². The highest BCUT2D eigenvalue weighted by atomic mass is 16.5. The number of benzene rings is 1. The number of carbonyl (C=O) groups excluding carboxylic acids is 2. The van der Waals surface area contributed by atoms with Crippen LogP contribution in [0.3, 0.4) is 0 Å². The monoisotopic (exact) mass is 293 g/mol. The fourth-order valence-electron chi connectivity index (χ4n) is 1.81. The van der Waals surface area contributed by atoms with E-state index in [2.05, 4.69) is 10.6 Å². The first-order valence-electron chi connectivity index (χ1n) is 6.93. The molecule has 2 amide bonds. The summed E-state index contributed by atoms with van der Waals surface area (Å²) in [5.41, 5.74) is 7.79. The van der Waals surface area contributed by atoms with Gasteiger partial charge in [0.2, 0.25) is 5.91 Å². The molecule has 0 fully saturated rings. The van der Waals surface area contributed by atoms with Gasteiger partial charge in [0.25, 0.3) is 5.91 Å². The van der Waals surface area contributed by atoms with Gasteiger partial charge in [-0.25, -0.2) is 0 Å². The Morgan fingerprint density at radius 2 is 2.10 bits per heavy atom. The quantitative estimate of drug-likeness (QED) is 0.700. The van der Waals surface area contributed by atoms with E-state index >= 15 is 0 Å². The fourth-order valence-corrected chi connectivity index (χ4v) is 1.81. The lowest BCUT2D eigenvalue weighted by Gasteiger charge is -2.14. The summed E-state index contributed by atoms with van der Waals surface area (Å²) >= 11 is 0. The molecule has 0 bridgehead atoms. The van der Waals surface area contributed by atoms with Crippen molar-refractivity contribution in [3.63, 3.8) is 0 Å². The number of anilines is 1. The third kappa shape index (κ3) is 5.17. The van der Waals surface area contributed by atoms with E-state index in [4.69, 9.17) is 10.5 Å². The Morgan fingerprint density at radius 1 is 1.38 bits per heavy atom. The summed E-state index contributed by atoms with van der Waals surface area (Å²) < 4.78 is 4.90. The standard InChI is InChI=1S/C15H23N3O3/c1-4-17-14(19)11-5-6-13(10(2)9-11)18-15(20)12(16)7-8-21-3/h5-6,9,12H,4,7-8,16H2,1-3H3,(H,17,19)(H,18,20). The number of hydrogen-bond donors (Lipinski definition) is 3. The van der Waals surface area contributed by atoms with Crippen molar-refractivity contribution in [3.8, 4) is 0 Å². The number of nitrogens with one attached hydrogen (secondary N) is 2. The minimum Gasteiger partial charge on any atom is -0.385 e. The molecule has 21 heavy (non-hydrogen) atoms. The van der Waals surface area contributed by atoms with E-state index in [1.807, 2.05) is 13.8 Å². The highest BCUT2D eigenvalue weighted by Gasteiger charge is 2.15. The van der Waals surface area contributed by atoms with E-state index in [1.165, 1.54) is 0 Å². The molecule has 1 atom stereocenters. The molecule has 0 saturated heterocycles. The number of nitrogens with two attached hydrogens (primary N) is 1. The van der Waals surface area contributed by atoms with Crippen LogP contribution in [0.25, 0.3) is 0 Å². The molecule has 0 spiro atoms. The minimum absolute atomic E-state index is 0.129. The van der Waals surface area contributed by atoms with Crippen LogP contribution in [0.2, 0.25) is 0 Å². The van der Waals surface area contributed by atoms with Gasteiger partial charge in [0, 0.05) is 31.5 Å². The predicted molar refractivity (Wildman–Crippen MR) is 82.3 cm³/mol. The predicted octanol–water partition coefficient (Wildman–Crippen LogP) is 1.05. The zero-order valence-electron chi connectivity index (χ0n) is 12.7. The zero-order chi connectivity index (χ0) is 15.8. The van der Waals surface area contributed by atoms with Gasteiger partial charge in [-0.2, -0.15) is 0 Å². The number of carbonyl (C=O) groups is 2. The summed E-state index contributed by atoms with van der Waals surface area (Å²) in [5.74, 6) is -0.392. The van der Waals surface area contributed by atoms with Crippen molar-refractivity contribution in [2.45, 2.75) is 26.3 Å². The average molecular weight is 293 g/mol. The third-order valence-electron chi connectivity index (χ3n) is 3.05. The van der Waals surface area contributed by atoms with Crippen LogP contribution in [0.1, 0.15) is 29.3 Å². The smallest absolute Gasteiger partial charge is 0.251 e. The van der Waals surface area contributed by atoms with E-state index in [-0.39, 0.29) is 11.8 Å². The molecule has 1 aromatic rings. The molecule has 0 aliphatic rings. The van der Waals surface area contributed by atoms with Crippen LogP contribution >= 0.6 is 0 Å². The summed E-state index contributed by atoms with van der Waals surface area (Å²) in [6.07, 6.45) is 0.457. The van der Waals surface area contributed by atoms with Crippen LogP contribution in [0, 0.1) is 6.92 Å². The summed E-state index contributed by atoms with van der Waals surface area (Å²) in [6.45, 7) is 4.70. The number of hydrogen-bond acceptors (Lipinski definition) is 4. The lowest BCUT2D eigenvalue weighted by atomic mass is 10.1. The summed E-state index contributed by atoms with van der Waals surface area (Å²) in [4.78, 5) is 23.6. The SMILES string of the molecule is CCNC(=O)c1ccc(NC(=O)C(N)CCOC)c(C)c1. The summed E-state index contributed by atoms with van der Waals surface area (Å²) in [7, 11) is 1.56. The van der Waals surface area contributed by atoms with Gasteiger partial charge < -0.3 is 21.1 Å². The lowest BCUT2D eigenvalue weighted by molar-refractivity contribution is -0.117. The number of rotatable bonds is 7. The maximum atomic E-state index is 11.9. The van der Waals surface area contributed by atoms with Gasteiger partial charge in [0.05, 0.1) is 6.04 Å². The average Bonchev–Trinajstić information content (AvgIpc) is 2.46. The molecule has 4 N–H and O–H groups in total. The molecular weight excluding hydrogens is 270 g/mol. The van der Waals surface area contributed by atoms with Gasteiger partial charge in [-0.05, 0) is 44.0 Å². The van der Waals surface area contributed by atoms with Crippen molar-refractivity contribution >= 4 is 17.5 Å². The molecule has 116 valence electrons. The summed E-state index contributed by atoms with van der Waals surface area (Å²) in [6, 6.07) is 4.50. The van der Waals surface area contributed by atoms with Gasteiger partial charge in [0.15, 0.2) is 0 Å². The maximum Gasteiger partial charge on any atom is 0.251 e. The minimum atomic E-state index is -0.618. The van der Waals surface area contributed by atoms with Gasteiger partial charge in [-0.15, -0.1) is 0 Å². The highest BCUT2D eigenvalue weighted by molar-refractivity contribution is 5.97. The van der Waals surface area contributed by atoms with Crippen molar-refractivity contribution in [1.29, 1.82) is 0 Å². The first kappa shape index (κ1) is 17.1. The second-order valence-corrected chi connectivity index (χ2v) is 4.77. The largest absolute Gasteiger partial charge is 0.385 e. The molecular formula is C15H23N3O3. The second-order valence-electron chi connectivity index (χ2n) is 4.77. The van der Waals surface area contributed by atoms with Crippen molar-refractivity contribution in [2.75, 3.05) is 25.6 Å². The van der Waals surface area contributed by atoms with Crippen LogP contribution in [-0.4, -0.2) is 38.1 Å². The van der Waals surface area contributed by atoms with Gasteiger partial charge in [-0.3, -0.25) is 9.59 Å². The normalized spacial score (nSPS) is 11.8. The van der Waals surface area contributed by atoms with Crippen LogP contribution in [-0.2, 0) is 9.53 Å². The summed E-state index contributed by atoms with van der Waals surface area (Å²) in [5, 5.41) is 5.50. The number of aryl methyl sites for hydroxylation is 1. The zero-order valence-corrected chi connectivity index (χ0v) is 12.7. The van der Waals surface area contributed by atoms with E-state index < -0.39 is 6.04 Å². The number of ether oxygens (including phenoxy) is 1. The highest BCUT2D eigenvalue weighted by Crippen LogP contribution is 2.17. The second kappa shape index (κ2) is 8.39. The van der Waals surface area contributed by atoms with Crippen molar-refractivity contribution in [1.82, 2.24) is 5.32 Å². The van der Waals surface area contributed by atoms with E-state index in [1.54, 1.807) is 25.3 Å². The third-order valence-corrected chi connectivity index (χ3v) is 3.05. The molecule has 1 unspecified atom stereocenters. The molecule has 0 heterocycles.